The van der Waals surface area contributed by atoms with E-state index in [2.05, 4.69) is 13.0 Å². The van der Waals surface area contributed by atoms with Gasteiger partial charge in [0.25, 0.3) is 0 Å². The van der Waals surface area contributed by atoms with E-state index in [0.717, 1.165) is 23.7 Å². The van der Waals surface area contributed by atoms with Gasteiger partial charge in [-0.2, -0.15) is 0 Å². The van der Waals surface area contributed by atoms with Crippen LogP contribution in [0.3, 0.4) is 0 Å². The second-order valence-corrected chi connectivity index (χ2v) is 4.44. The first-order chi connectivity index (χ1) is 4.70. The van der Waals surface area contributed by atoms with E-state index in [0.29, 0.717) is 0 Å². The van der Waals surface area contributed by atoms with Crippen LogP contribution in [0, 0.1) is 5.92 Å². The molecule has 2 unspecified atom stereocenters. The number of rotatable bonds is 1. The Morgan fingerprint density at radius 1 is 1.70 bits per heavy atom. The van der Waals surface area contributed by atoms with Crippen molar-refractivity contribution in [1.29, 1.82) is 0 Å². The Labute approximate surface area is 65.0 Å². The molecule has 2 atom stereocenters. The van der Waals surface area contributed by atoms with E-state index >= 15 is 0 Å². The van der Waals surface area contributed by atoms with Crippen molar-refractivity contribution in [3.8, 4) is 0 Å². The molecule has 1 rings (SSSR count). The number of allylic oxidation sites excluding steroid dienone is 2. The van der Waals surface area contributed by atoms with Gasteiger partial charge in [-0.25, -0.2) is 0 Å². The zero-order valence-corrected chi connectivity index (χ0v) is 7.41. The molecular formula is C8H14OS. The van der Waals surface area contributed by atoms with E-state index < -0.39 is 10.8 Å². The van der Waals surface area contributed by atoms with E-state index in [-0.39, 0.29) is 0 Å². The summed E-state index contributed by atoms with van der Waals surface area (Å²) < 4.78 is 10.9. The monoisotopic (exact) mass is 158 g/mol. The highest BCUT2D eigenvalue weighted by Crippen LogP contribution is 2.23. The highest BCUT2D eigenvalue weighted by Gasteiger charge is 2.11. The van der Waals surface area contributed by atoms with Crippen LogP contribution in [0.1, 0.15) is 26.2 Å². The number of hydrogen-bond donors (Lipinski definition) is 0. The van der Waals surface area contributed by atoms with Crippen LogP contribution in [0.15, 0.2) is 11.0 Å². The lowest BCUT2D eigenvalue weighted by atomic mass is 9.96. The highest BCUT2D eigenvalue weighted by molar-refractivity contribution is 7.88. The van der Waals surface area contributed by atoms with E-state index in [9.17, 15) is 4.21 Å². The van der Waals surface area contributed by atoms with Crippen LogP contribution in [0.25, 0.3) is 0 Å². The lowest BCUT2D eigenvalue weighted by Crippen LogP contribution is -2.04. The lowest BCUT2D eigenvalue weighted by molar-refractivity contribution is 0.522. The van der Waals surface area contributed by atoms with Crippen molar-refractivity contribution in [3.63, 3.8) is 0 Å². The zero-order valence-electron chi connectivity index (χ0n) is 6.59. The third-order valence-corrected chi connectivity index (χ3v) is 3.11. The van der Waals surface area contributed by atoms with Gasteiger partial charge < -0.3 is 0 Å². The summed E-state index contributed by atoms with van der Waals surface area (Å²) in [5.74, 6) is 0.798. The van der Waals surface area contributed by atoms with Crippen LogP contribution in [0.2, 0.25) is 0 Å². The Morgan fingerprint density at radius 3 is 2.80 bits per heavy atom. The maximum Gasteiger partial charge on any atom is 0.0453 e. The third kappa shape index (κ3) is 1.94. The van der Waals surface area contributed by atoms with E-state index in [1.54, 1.807) is 6.26 Å². The predicted molar refractivity (Wildman–Crippen MR) is 45.2 cm³/mol. The van der Waals surface area contributed by atoms with Crippen LogP contribution in [0.4, 0.5) is 0 Å². The van der Waals surface area contributed by atoms with Gasteiger partial charge in [0.15, 0.2) is 0 Å². The highest BCUT2D eigenvalue weighted by atomic mass is 32.2. The second-order valence-electron chi connectivity index (χ2n) is 3.00. The van der Waals surface area contributed by atoms with E-state index in [4.69, 9.17) is 0 Å². The molecule has 2 heteroatoms. The fraction of sp³-hybridized carbons (Fsp3) is 0.750. The minimum atomic E-state index is -0.706. The summed E-state index contributed by atoms with van der Waals surface area (Å²) >= 11 is 0. The van der Waals surface area contributed by atoms with Gasteiger partial charge in [-0.05, 0) is 25.2 Å². The Morgan fingerprint density at radius 2 is 2.40 bits per heavy atom. The zero-order chi connectivity index (χ0) is 7.56. The van der Waals surface area contributed by atoms with Gasteiger partial charge in [0.2, 0.25) is 0 Å². The van der Waals surface area contributed by atoms with E-state index in [1.165, 1.54) is 6.42 Å². The first-order valence-electron chi connectivity index (χ1n) is 3.72. The SMILES string of the molecule is CC1CC=C(S(C)=O)CC1. The van der Waals surface area contributed by atoms with Crippen molar-refractivity contribution in [2.75, 3.05) is 6.26 Å². The molecule has 0 amide bonds. The van der Waals surface area contributed by atoms with Gasteiger partial charge in [0.1, 0.15) is 0 Å². The minimum absolute atomic E-state index is 0.706. The number of hydrogen-bond acceptors (Lipinski definition) is 1. The summed E-state index contributed by atoms with van der Waals surface area (Å²) in [6.07, 6.45) is 7.29. The molecule has 0 radical (unpaired) electrons. The fourth-order valence-corrected chi connectivity index (χ4v) is 1.94. The van der Waals surface area contributed by atoms with Crippen molar-refractivity contribution in [3.05, 3.63) is 11.0 Å². The van der Waals surface area contributed by atoms with Crippen LogP contribution >= 0.6 is 0 Å². The van der Waals surface area contributed by atoms with Crippen LogP contribution < -0.4 is 0 Å². The molecule has 58 valence electrons. The lowest BCUT2D eigenvalue weighted by Gasteiger charge is -2.15. The van der Waals surface area contributed by atoms with E-state index in [1.807, 2.05) is 0 Å². The molecule has 1 nitrogen and oxygen atoms in total. The Bertz CT molecular complexity index is 172. The maximum atomic E-state index is 10.9. The topological polar surface area (TPSA) is 17.1 Å². The Balaban J connectivity index is 2.56. The molecule has 0 fully saturated rings. The molecule has 0 spiro atoms. The summed E-state index contributed by atoms with van der Waals surface area (Å²) in [7, 11) is -0.706. The third-order valence-electron chi connectivity index (χ3n) is 2.00. The summed E-state index contributed by atoms with van der Waals surface area (Å²) in [5, 5.41) is 0. The standard InChI is InChI=1S/C8H14OS/c1-7-3-5-8(6-4-7)10(2)9/h5,7H,3-4,6H2,1-2H3. The first kappa shape index (κ1) is 7.99. The van der Waals surface area contributed by atoms with Crippen molar-refractivity contribution in [2.24, 2.45) is 5.92 Å². The average molecular weight is 158 g/mol. The van der Waals surface area contributed by atoms with Crippen molar-refractivity contribution >= 4 is 10.8 Å². The summed E-state index contributed by atoms with van der Waals surface area (Å²) in [5.41, 5.74) is 0. The van der Waals surface area contributed by atoms with Gasteiger partial charge in [-0.1, -0.05) is 13.0 Å². The molecule has 0 aromatic carbocycles. The smallest absolute Gasteiger partial charge is 0.0453 e. The molecule has 0 aromatic heterocycles. The van der Waals surface area contributed by atoms with Crippen molar-refractivity contribution in [1.82, 2.24) is 0 Å². The Hall–Kier alpha value is -0.110. The molecule has 0 saturated carbocycles. The average Bonchev–Trinajstić information content (AvgIpc) is 1.88. The van der Waals surface area contributed by atoms with Gasteiger partial charge in [0.05, 0.1) is 0 Å². The van der Waals surface area contributed by atoms with Crippen LogP contribution in [0.5, 0.6) is 0 Å². The molecule has 0 heterocycles. The molecule has 0 saturated heterocycles. The molecule has 0 N–H and O–H groups in total. The van der Waals surface area contributed by atoms with Crippen LogP contribution in [-0.4, -0.2) is 10.5 Å². The molecule has 1 aliphatic carbocycles. The van der Waals surface area contributed by atoms with Crippen LogP contribution in [-0.2, 0) is 10.8 Å². The van der Waals surface area contributed by atoms with Crippen molar-refractivity contribution < 1.29 is 4.21 Å². The van der Waals surface area contributed by atoms with Gasteiger partial charge in [0, 0.05) is 22.0 Å². The maximum absolute atomic E-state index is 10.9. The van der Waals surface area contributed by atoms with Crippen molar-refractivity contribution in [2.45, 2.75) is 26.2 Å². The molecule has 0 bridgehead atoms. The normalized spacial score (nSPS) is 29.4. The molecule has 1 aliphatic rings. The minimum Gasteiger partial charge on any atom is -0.255 e. The summed E-state index contributed by atoms with van der Waals surface area (Å²) in [6.45, 7) is 2.24. The predicted octanol–water partition coefficient (Wildman–Crippen LogP) is 2.07. The van der Waals surface area contributed by atoms with Gasteiger partial charge in [-0.15, -0.1) is 0 Å². The molecular weight excluding hydrogens is 144 g/mol. The fourth-order valence-electron chi connectivity index (χ4n) is 1.20. The molecule has 0 aromatic rings. The first-order valence-corrected chi connectivity index (χ1v) is 5.28. The Kier molecular flexibility index (Phi) is 2.66. The molecule has 0 aliphatic heterocycles. The van der Waals surface area contributed by atoms with Gasteiger partial charge in [-0.3, -0.25) is 4.21 Å². The summed E-state index contributed by atoms with van der Waals surface area (Å²) in [4.78, 5) is 1.15. The van der Waals surface area contributed by atoms with Gasteiger partial charge >= 0.3 is 0 Å². The quantitative estimate of drug-likeness (QED) is 0.571. The largest absolute Gasteiger partial charge is 0.255 e. The summed E-state index contributed by atoms with van der Waals surface area (Å²) in [6, 6.07) is 0. The molecule has 10 heavy (non-hydrogen) atoms. The second kappa shape index (κ2) is 3.33.